The van der Waals surface area contributed by atoms with Crippen molar-refractivity contribution < 1.29 is 39.7 Å². The summed E-state index contributed by atoms with van der Waals surface area (Å²) in [5.41, 5.74) is 0. The van der Waals surface area contributed by atoms with Crippen molar-refractivity contribution >= 4 is 13.8 Å². The highest BCUT2D eigenvalue weighted by molar-refractivity contribution is 7.45. The second kappa shape index (κ2) is 23.1. The normalized spacial score (nSPS) is 6.53. The minimum atomic E-state index is -4.64. The van der Waals surface area contributed by atoms with E-state index < -0.39 is 13.8 Å². The van der Waals surface area contributed by atoms with Crippen LogP contribution in [0, 0.1) is 11.3 Å². The third kappa shape index (κ3) is 1540. The Balaban J connectivity index is -0.0000000305. The van der Waals surface area contributed by atoms with E-state index in [2.05, 4.69) is 0 Å². The summed E-state index contributed by atoms with van der Waals surface area (Å²) in [6.07, 6.45) is 0. The first kappa shape index (κ1) is 29.2. The molecule has 7 N–H and O–H groups in total. The number of carboxylic acids is 1. The molecule has 0 bridgehead atoms. The molecule has 94 valence electrons. The highest BCUT2D eigenvalue weighted by atomic mass is 31.2. The van der Waals surface area contributed by atoms with Gasteiger partial charge in [-0.15, -0.1) is 0 Å². The van der Waals surface area contributed by atoms with Crippen molar-refractivity contribution in [2.75, 3.05) is 7.11 Å². The second-order valence-electron chi connectivity index (χ2n) is 1.26. The maximum absolute atomic E-state index is 9.00. The van der Waals surface area contributed by atoms with Gasteiger partial charge < -0.3 is 30.4 Å². The van der Waals surface area contributed by atoms with E-state index in [1.54, 1.807) is 6.07 Å². The van der Waals surface area contributed by atoms with Crippen molar-refractivity contribution in [3.05, 3.63) is 0 Å². The van der Waals surface area contributed by atoms with Gasteiger partial charge in [0.15, 0.2) is 0 Å². The number of phosphoric acid groups is 1. The lowest BCUT2D eigenvalue weighted by Gasteiger charge is -1.82. The minimum absolute atomic E-state index is 0. The molecular formula is C5H16NO8P. The lowest BCUT2D eigenvalue weighted by Crippen LogP contribution is -1.78. The predicted octanol–water partition coefficient (Wildman–Crippen LogP) is -1.52. The molecule has 0 saturated heterocycles. The Kier molecular flexibility index (Phi) is 45.0. The Morgan fingerprint density at radius 1 is 1.27 bits per heavy atom. The molecule has 0 amide bonds. The summed E-state index contributed by atoms with van der Waals surface area (Å²) in [6.45, 7) is 2.51. The molecule has 0 rings (SSSR count). The van der Waals surface area contributed by atoms with E-state index in [1.807, 2.05) is 0 Å². The Morgan fingerprint density at radius 3 is 1.27 bits per heavy atom. The first-order chi connectivity index (χ1) is 6.15. The number of carboxylic acid groups (broad SMARTS) is 1. The number of rotatable bonds is 0. The van der Waals surface area contributed by atoms with E-state index >= 15 is 0 Å². The second-order valence-corrected chi connectivity index (χ2v) is 2.28. The maximum atomic E-state index is 9.00. The van der Waals surface area contributed by atoms with Crippen LogP contribution in [0.15, 0.2) is 0 Å². The van der Waals surface area contributed by atoms with E-state index in [1.165, 1.54) is 6.92 Å². The zero-order chi connectivity index (χ0) is 12.8. The topological polar surface area (TPSA) is 191 Å². The van der Waals surface area contributed by atoms with Crippen molar-refractivity contribution in [1.82, 2.24) is 0 Å². The van der Waals surface area contributed by atoms with E-state index in [0.717, 1.165) is 14.0 Å². The van der Waals surface area contributed by atoms with Gasteiger partial charge in [0.1, 0.15) is 0 Å². The van der Waals surface area contributed by atoms with Gasteiger partial charge in [0, 0.05) is 21.0 Å². The lowest BCUT2D eigenvalue weighted by atomic mass is 10.9. The fraction of sp³-hybridized carbons (Fsp3) is 0.600. The zero-order valence-electron chi connectivity index (χ0n) is 8.45. The molecule has 0 aliphatic carbocycles. The average molecular weight is 249 g/mol. The minimum Gasteiger partial charge on any atom is -0.481 e. The third-order valence-electron chi connectivity index (χ3n) is 0. The van der Waals surface area contributed by atoms with Gasteiger partial charge in [-0.25, -0.2) is 4.57 Å². The molecule has 9 nitrogen and oxygen atoms in total. The van der Waals surface area contributed by atoms with Crippen molar-refractivity contribution in [2.24, 2.45) is 0 Å². The van der Waals surface area contributed by atoms with Crippen LogP contribution in [-0.4, -0.2) is 43.4 Å². The molecule has 15 heavy (non-hydrogen) atoms. The quantitative estimate of drug-likeness (QED) is 0.319. The third-order valence-corrected chi connectivity index (χ3v) is 0. The first-order valence-corrected chi connectivity index (χ1v) is 4.45. The number of nitriles is 1. The van der Waals surface area contributed by atoms with E-state index in [0.29, 0.717) is 0 Å². The maximum Gasteiger partial charge on any atom is 0.466 e. The van der Waals surface area contributed by atoms with Gasteiger partial charge in [0.05, 0.1) is 6.07 Å². The molecule has 0 atom stereocenters. The molecule has 0 radical (unpaired) electrons. The van der Waals surface area contributed by atoms with Gasteiger partial charge in [-0.3, -0.25) is 4.79 Å². The average Bonchev–Trinajstić information content (AvgIpc) is 1.87. The van der Waals surface area contributed by atoms with Crippen molar-refractivity contribution in [3.63, 3.8) is 0 Å². The van der Waals surface area contributed by atoms with E-state index in [9.17, 15) is 0 Å². The van der Waals surface area contributed by atoms with Crippen LogP contribution in [0.25, 0.3) is 0 Å². The van der Waals surface area contributed by atoms with Crippen LogP contribution in [0.4, 0.5) is 0 Å². The number of nitrogens with zero attached hydrogens (tertiary/aromatic N) is 1. The van der Waals surface area contributed by atoms with Crippen LogP contribution in [0.1, 0.15) is 13.8 Å². The molecular weight excluding hydrogens is 233 g/mol. The van der Waals surface area contributed by atoms with Gasteiger partial charge in [0.2, 0.25) is 0 Å². The van der Waals surface area contributed by atoms with E-state index in [-0.39, 0.29) is 5.48 Å². The molecule has 10 heteroatoms. The number of aliphatic carboxylic acids is 1. The van der Waals surface area contributed by atoms with Crippen LogP contribution < -0.4 is 0 Å². The van der Waals surface area contributed by atoms with Gasteiger partial charge in [0.25, 0.3) is 5.97 Å². The summed E-state index contributed by atoms with van der Waals surface area (Å²) in [4.78, 5) is 30.6. The highest BCUT2D eigenvalue weighted by Crippen LogP contribution is 2.25. The Bertz CT molecular complexity index is 181. The van der Waals surface area contributed by atoms with Crippen LogP contribution >= 0.6 is 7.82 Å². The molecule has 0 aromatic rings. The van der Waals surface area contributed by atoms with Crippen LogP contribution in [0.5, 0.6) is 0 Å². The largest absolute Gasteiger partial charge is 0.481 e. The SMILES string of the molecule is CC#N.CC(=O)O.CO.O.O=P(O)(O)O. The molecule has 0 aromatic carbocycles. The molecule has 0 saturated carbocycles. The number of hydrogen-bond acceptors (Lipinski definition) is 4. The van der Waals surface area contributed by atoms with Crippen molar-refractivity contribution in [3.8, 4) is 6.07 Å². The molecule has 0 aliphatic heterocycles. The molecule has 0 aliphatic rings. The van der Waals surface area contributed by atoms with E-state index in [4.69, 9.17) is 39.5 Å². The summed E-state index contributed by atoms with van der Waals surface area (Å²) in [5, 5.41) is 21.7. The Morgan fingerprint density at radius 2 is 1.27 bits per heavy atom. The van der Waals surface area contributed by atoms with Gasteiger partial charge >= 0.3 is 7.82 Å². The van der Waals surface area contributed by atoms with Crippen molar-refractivity contribution in [2.45, 2.75) is 13.8 Å². The number of aliphatic hydroxyl groups excluding tert-OH is 1. The predicted molar refractivity (Wildman–Crippen MR) is 50.6 cm³/mol. The first-order valence-electron chi connectivity index (χ1n) is 2.88. The fourth-order valence-corrected chi connectivity index (χ4v) is 0. The van der Waals surface area contributed by atoms with Gasteiger partial charge in [-0.2, -0.15) is 5.26 Å². The smallest absolute Gasteiger partial charge is 0.466 e. The summed E-state index contributed by atoms with van der Waals surface area (Å²) in [7, 11) is -3.64. The molecule has 0 aromatic heterocycles. The Labute approximate surface area is 86.8 Å². The molecule has 0 fully saturated rings. The molecule has 0 unspecified atom stereocenters. The fourth-order valence-electron chi connectivity index (χ4n) is 0. The summed E-state index contributed by atoms with van der Waals surface area (Å²) in [6, 6.07) is 1.75. The zero-order valence-corrected chi connectivity index (χ0v) is 9.34. The standard InChI is InChI=1S/C2H3N.C2H4O2.CH4O.H3O4P.H2O/c1-2-3;1-2(3)4;1-2;1-5(2,3)4;/h1H3;1H3,(H,3,4);2H,1H3;(H3,1,2,3,4);1H2. The summed E-state index contributed by atoms with van der Waals surface area (Å²) in [5.74, 6) is -0.833. The number of aliphatic hydroxyl groups is 1. The number of hydrogen-bond donors (Lipinski definition) is 5. The van der Waals surface area contributed by atoms with Crippen LogP contribution in [-0.2, 0) is 9.36 Å². The van der Waals surface area contributed by atoms with Crippen LogP contribution in [0.2, 0.25) is 0 Å². The highest BCUT2D eigenvalue weighted by Gasteiger charge is 2.00. The van der Waals surface area contributed by atoms with Gasteiger partial charge in [-0.05, 0) is 0 Å². The summed E-state index contributed by atoms with van der Waals surface area (Å²) >= 11 is 0. The van der Waals surface area contributed by atoms with Crippen LogP contribution in [0.3, 0.4) is 0 Å². The lowest BCUT2D eigenvalue weighted by molar-refractivity contribution is -0.134. The van der Waals surface area contributed by atoms with Gasteiger partial charge in [-0.1, -0.05) is 0 Å². The molecule has 0 spiro atoms. The Hall–Kier alpha value is -1.01. The monoisotopic (exact) mass is 249 g/mol. The number of carbonyl (C=O) groups is 1. The molecule has 0 heterocycles. The summed E-state index contributed by atoms with van der Waals surface area (Å²) < 4.78 is 8.88. The van der Waals surface area contributed by atoms with Crippen molar-refractivity contribution in [1.29, 1.82) is 5.26 Å².